The van der Waals surface area contributed by atoms with Crippen molar-refractivity contribution >= 4 is 11.6 Å². The van der Waals surface area contributed by atoms with E-state index in [1.807, 2.05) is 0 Å². The van der Waals surface area contributed by atoms with Crippen LogP contribution in [0.2, 0.25) is 5.02 Å². The molecule has 0 aromatic heterocycles. The van der Waals surface area contributed by atoms with Crippen LogP contribution < -0.4 is 0 Å². The lowest BCUT2D eigenvalue weighted by Crippen LogP contribution is -1.80. The lowest BCUT2D eigenvalue weighted by atomic mass is 10.2. The van der Waals surface area contributed by atoms with E-state index in [-0.39, 0.29) is 5.75 Å². The average Bonchev–Trinajstić information content (AvgIpc) is 1.82. The van der Waals surface area contributed by atoms with Gasteiger partial charge in [-0.05, 0) is 24.6 Å². The summed E-state index contributed by atoms with van der Waals surface area (Å²) in [6, 6.07) is 2.57. The van der Waals surface area contributed by atoms with E-state index >= 15 is 0 Å². The summed E-state index contributed by atoms with van der Waals surface area (Å²) in [6.07, 6.45) is 0. The number of hydrogen-bond donors (Lipinski definition) is 1. The number of benzene rings is 1. The zero-order chi connectivity index (χ0) is 7.72. The normalized spacial score (nSPS) is 9.90. The van der Waals surface area contributed by atoms with Crippen LogP contribution in [0.15, 0.2) is 12.1 Å². The van der Waals surface area contributed by atoms with Gasteiger partial charge in [-0.15, -0.1) is 0 Å². The highest BCUT2D eigenvalue weighted by molar-refractivity contribution is 6.30. The third-order valence-corrected chi connectivity index (χ3v) is 1.44. The van der Waals surface area contributed by atoms with Crippen LogP contribution in [0.3, 0.4) is 0 Å². The summed E-state index contributed by atoms with van der Waals surface area (Å²) >= 11 is 5.47. The highest BCUT2D eigenvalue weighted by Crippen LogP contribution is 2.24. The molecule has 0 radical (unpaired) electrons. The van der Waals surface area contributed by atoms with Gasteiger partial charge in [0.1, 0.15) is 0 Å². The number of aryl methyl sites for hydroxylation is 1. The Morgan fingerprint density at radius 1 is 1.50 bits per heavy atom. The van der Waals surface area contributed by atoms with Gasteiger partial charge in [0.25, 0.3) is 0 Å². The largest absolute Gasteiger partial charge is 0.505 e. The van der Waals surface area contributed by atoms with Crippen LogP contribution in [0.25, 0.3) is 0 Å². The van der Waals surface area contributed by atoms with E-state index in [9.17, 15) is 4.39 Å². The van der Waals surface area contributed by atoms with Gasteiger partial charge in [0, 0.05) is 5.02 Å². The number of halogens is 2. The fourth-order valence-electron chi connectivity index (χ4n) is 0.695. The molecule has 0 fully saturated rings. The number of hydrogen-bond acceptors (Lipinski definition) is 1. The first-order valence-electron chi connectivity index (χ1n) is 2.76. The first kappa shape index (κ1) is 7.35. The Morgan fingerprint density at radius 3 is 2.60 bits per heavy atom. The minimum atomic E-state index is -0.676. The summed E-state index contributed by atoms with van der Waals surface area (Å²) in [4.78, 5) is 0. The van der Waals surface area contributed by atoms with E-state index < -0.39 is 5.82 Å². The first-order chi connectivity index (χ1) is 4.61. The molecule has 0 bridgehead atoms. The van der Waals surface area contributed by atoms with Gasteiger partial charge in [-0.3, -0.25) is 0 Å². The van der Waals surface area contributed by atoms with Crippen molar-refractivity contribution in [3.05, 3.63) is 28.5 Å². The van der Waals surface area contributed by atoms with Crippen LogP contribution in [-0.2, 0) is 0 Å². The molecule has 1 N–H and O–H groups in total. The summed E-state index contributed by atoms with van der Waals surface area (Å²) in [7, 11) is 0. The van der Waals surface area contributed by atoms with Gasteiger partial charge in [-0.1, -0.05) is 11.6 Å². The zero-order valence-electron chi connectivity index (χ0n) is 5.36. The molecule has 0 aliphatic heterocycles. The number of aromatic hydroxyl groups is 1. The quantitative estimate of drug-likeness (QED) is 0.618. The molecular weight excluding hydrogens is 155 g/mol. The van der Waals surface area contributed by atoms with Gasteiger partial charge < -0.3 is 5.11 Å². The molecule has 0 saturated carbocycles. The Balaban J connectivity index is 3.31. The van der Waals surface area contributed by atoms with Crippen LogP contribution in [0, 0.1) is 12.7 Å². The second-order valence-electron chi connectivity index (χ2n) is 2.05. The fourth-order valence-corrected chi connectivity index (χ4v) is 0.954. The second-order valence-corrected chi connectivity index (χ2v) is 2.49. The van der Waals surface area contributed by atoms with E-state index in [2.05, 4.69) is 0 Å². The first-order valence-corrected chi connectivity index (χ1v) is 3.13. The predicted octanol–water partition coefficient (Wildman–Crippen LogP) is 2.49. The van der Waals surface area contributed by atoms with Crippen molar-refractivity contribution in [2.75, 3.05) is 0 Å². The highest BCUT2D eigenvalue weighted by atomic mass is 35.5. The Morgan fingerprint density at radius 2 is 2.10 bits per heavy atom. The molecule has 0 aliphatic rings. The molecule has 10 heavy (non-hydrogen) atoms. The van der Waals surface area contributed by atoms with E-state index in [0.29, 0.717) is 10.6 Å². The lowest BCUT2D eigenvalue weighted by Gasteiger charge is -1.99. The molecule has 1 nitrogen and oxygen atoms in total. The van der Waals surface area contributed by atoms with Crippen molar-refractivity contribution in [1.29, 1.82) is 0 Å². The van der Waals surface area contributed by atoms with E-state index in [0.717, 1.165) is 6.07 Å². The number of rotatable bonds is 0. The molecule has 1 rings (SSSR count). The number of phenols is 1. The molecule has 0 heterocycles. The van der Waals surface area contributed by atoms with Gasteiger partial charge in [-0.2, -0.15) is 0 Å². The molecule has 0 unspecified atom stereocenters. The van der Waals surface area contributed by atoms with E-state index in [4.69, 9.17) is 16.7 Å². The summed E-state index contributed by atoms with van der Waals surface area (Å²) in [6.45, 7) is 1.59. The van der Waals surface area contributed by atoms with Crippen LogP contribution in [0.1, 0.15) is 5.56 Å². The average molecular weight is 161 g/mol. The molecule has 54 valence electrons. The Kier molecular flexibility index (Phi) is 1.81. The Labute approximate surface area is 63.1 Å². The van der Waals surface area contributed by atoms with Crippen LogP contribution >= 0.6 is 11.6 Å². The third-order valence-electron chi connectivity index (χ3n) is 1.22. The van der Waals surface area contributed by atoms with Crippen molar-refractivity contribution in [1.82, 2.24) is 0 Å². The summed E-state index contributed by atoms with van der Waals surface area (Å²) in [5, 5.41) is 9.20. The topological polar surface area (TPSA) is 20.2 Å². The SMILES string of the molecule is Cc1cc(Cl)cc(F)c1O. The highest BCUT2D eigenvalue weighted by Gasteiger charge is 2.03. The minimum absolute atomic E-state index is 0.299. The maximum absolute atomic E-state index is 12.5. The minimum Gasteiger partial charge on any atom is -0.505 e. The Hall–Kier alpha value is -0.760. The van der Waals surface area contributed by atoms with Crippen LogP contribution in [0.4, 0.5) is 4.39 Å². The predicted molar refractivity (Wildman–Crippen MR) is 37.8 cm³/mol. The fraction of sp³-hybridized carbons (Fsp3) is 0.143. The van der Waals surface area contributed by atoms with Crippen molar-refractivity contribution in [3.63, 3.8) is 0 Å². The smallest absolute Gasteiger partial charge is 0.166 e. The van der Waals surface area contributed by atoms with Gasteiger partial charge in [-0.25, -0.2) is 4.39 Å². The van der Waals surface area contributed by atoms with Crippen molar-refractivity contribution < 1.29 is 9.50 Å². The van der Waals surface area contributed by atoms with Gasteiger partial charge in [0.15, 0.2) is 11.6 Å². The second kappa shape index (κ2) is 2.46. The van der Waals surface area contributed by atoms with E-state index in [1.54, 1.807) is 6.92 Å². The Bertz CT molecular complexity index is 237. The number of phenolic OH excluding ortho intramolecular Hbond substituents is 1. The monoisotopic (exact) mass is 160 g/mol. The summed E-state index contributed by atoms with van der Waals surface area (Å²) < 4.78 is 12.5. The van der Waals surface area contributed by atoms with Gasteiger partial charge in [0.05, 0.1) is 0 Å². The van der Waals surface area contributed by atoms with Crippen LogP contribution in [-0.4, -0.2) is 5.11 Å². The molecular formula is C7H6ClFO. The summed E-state index contributed by atoms with van der Waals surface area (Å²) in [5.41, 5.74) is 0.449. The molecule has 1 aromatic carbocycles. The molecule has 0 amide bonds. The molecule has 3 heteroatoms. The van der Waals surface area contributed by atoms with Crippen LogP contribution in [0.5, 0.6) is 5.75 Å². The van der Waals surface area contributed by atoms with Crippen molar-refractivity contribution in [3.8, 4) is 5.75 Å². The van der Waals surface area contributed by atoms with Crippen molar-refractivity contribution in [2.24, 2.45) is 0 Å². The molecule has 1 aromatic rings. The lowest BCUT2D eigenvalue weighted by molar-refractivity contribution is 0.428. The third kappa shape index (κ3) is 1.21. The maximum Gasteiger partial charge on any atom is 0.166 e. The van der Waals surface area contributed by atoms with Gasteiger partial charge >= 0.3 is 0 Å². The van der Waals surface area contributed by atoms with Crippen molar-refractivity contribution in [2.45, 2.75) is 6.92 Å². The molecule has 0 saturated heterocycles. The van der Waals surface area contributed by atoms with Gasteiger partial charge in [0.2, 0.25) is 0 Å². The molecule has 0 spiro atoms. The zero-order valence-corrected chi connectivity index (χ0v) is 6.11. The maximum atomic E-state index is 12.5. The standard InChI is InChI=1S/C7H6ClFO/c1-4-2-5(8)3-6(9)7(4)10/h2-3,10H,1H3. The van der Waals surface area contributed by atoms with E-state index in [1.165, 1.54) is 6.07 Å². The summed E-state index contributed by atoms with van der Waals surface area (Å²) in [5.74, 6) is -1.01. The molecule has 0 atom stereocenters. The molecule has 0 aliphatic carbocycles.